The molecule has 0 aliphatic rings. The van der Waals surface area contributed by atoms with E-state index in [0.29, 0.717) is 12.2 Å². The van der Waals surface area contributed by atoms with E-state index < -0.39 is 4.92 Å². The van der Waals surface area contributed by atoms with Crippen LogP contribution < -0.4 is 4.90 Å². The smallest absolute Gasteiger partial charge is 0.289 e. The van der Waals surface area contributed by atoms with E-state index in [4.69, 9.17) is 11.6 Å². The summed E-state index contributed by atoms with van der Waals surface area (Å²) in [6.45, 7) is 3.65. The Labute approximate surface area is 97.8 Å². The highest BCUT2D eigenvalue weighted by Crippen LogP contribution is 2.29. The molecule has 6 heteroatoms. The Morgan fingerprint density at radius 2 is 2.19 bits per heavy atom. The molecule has 86 valence electrons. The molecule has 1 rings (SSSR count). The van der Waals surface area contributed by atoms with Crippen molar-refractivity contribution in [3.8, 4) is 0 Å². The first kappa shape index (κ1) is 12.4. The van der Waals surface area contributed by atoms with Gasteiger partial charge in [-0.25, -0.2) is 0 Å². The molecular formula is C10H11ClN2O3. The summed E-state index contributed by atoms with van der Waals surface area (Å²) in [6.07, 6.45) is 0. The summed E-state index contributed by atoms with van der Waals surface area (Å²) in [4.78, 5) is 22.8. The maximum absolute atomic E-state index is 11.3. The second-order valence-electron chi connectivity index (χ2n) is 3.16. The van der Waals surface area contributed by atoms with E-state index in [1.54, 1.807) is 13.0 Å². The monoisotopic (exact) mass is 242 g/mol. The average molecular weight is 243 g/mol. The summed E-state index contributed by atoms with van der Waals surface area (Å²) in [7, 11) is 0. The van der Waals surface area contributed by atoms with Crippen molar-refractivity contribution < 1.29 is 9.72 Å². The van der Waals surface area contributed by atoms with Gasteiger partial charge < -0.3 is 4.90 Å². The number of nitrogens with zero attached hydrogens (tertiary/aromatic N) is 2. The van der Waals surface area contributed by atoms with Crippen LogP contribution in [0, 0.1) is 10.1 Å². The molecule has 0 heterocycles. The molecule has 1 aromatic rings. The predicted octanol–water partition coefficient (Wildman–Crippen LogP) is 2.62. The Kier molecular flexibility index (Phi) is 3.84. The van der Waals surface area contributed by atoms with Crippen molar-refractivity contribution in [3.05, 3.63) is 33.3 Å². The van der Waals surface area contributed by atoms with E-state index in [0.717, 1.165) is 0 Å². The van der Waals surface area contributed by atoms with E-state index in [-0.39, 0.29) is 16.6 Å². The number of benzene rings is 1. The standard InChI is InChI=1S/C10H11ClN2O3/c1-3-12(7(2)14)8-4-5-9(11)10(6-8)13(15)16/h4-6H,3H2,1-2H3. The fourth-order valence-corrected chi connectivity index (χ4v) is 1.58. The summed E-state index contributed by atoms with van der Waals surface area (Å²) < 4.78 is 0. The van der Waals surface area contributed by atoms with Gasteiger partial charge in [0.15, 0.2) is 0 Å². The van der Waals surface area contributed by atoms with Crippen molar-refractivity contribution in [2.45, 2.75) is 13.8 Å². The lowest BCUT2D eigenvalue weighted by Gasteiger charge is -2.18. The zero-order valence-electron chi connectivity index (χ0n) is 8.94. The predicted molar refractivity (Wildman–Crippen MR) is 61.8 cm³/mol. The topological polar surface area (TPSA) is 63.5 Å². The third kappa shape index (κ3) is 2.49. The lowest BCUT2D eigenvalue weighted by atomic mass is 10.2. The number of nitro groups is 1. The highest BCUT2D eigenvalue weighted by molar-refractivity contribution is 6.32. The normalized spacial score (nSPS) is 9.94. The van der Waals surface area contributed by atoms with Crippen LogP contribution in [-0.4, -0.2) is 17.4 Å². The van der Waals surface area contributed by atoms with Crippen LogP contribution in [0.4, 0.5) is 11.4 Å². The Balaban J connectivity index is 3.21. The summed E-state index contributed by atoms with van der Waals surface area (Å²) in [5, 5.41) is 10.7. The molecule has 5 nitrogen and oxygen atoms in total. The van der Waals surface area contributed by atoms with Crippen LogP contribution in [0.2, 0.25) is 5.02 Å². The molecule has 1 aromatic carbocycles. The van der Waals surface area contributed by atoms with Gasteiger partial charge >= 0.3 is 0 Å². The molecule has 0 saturated carbocycles. The lowest BCUT2D eigenvalue weighted by molar-refractivity contribution is -0.384. The highest BCUT2D eigenvalue weighted by atomic mass is 35.5. The van der Waals surface area contributed by atoms with Crippen LogP contribution in [-0.2, 0) is 4.79 Å². The van der Waals surface area contributed by atoms with Crippen molar-refractivity contribution in [1.29, 1.82) is 0 Å². The summed E-state index contributed by atoms with van der Waals surface area (Å²) in [5.41, 5.74) is 0.282. The fraction of sp³-hybridized carbons (Fsp3) is 0.300. The first-order valence-electron chi connectivity index (χ1n) is 4.69. The van der Waals surface area contributed by atoms with Gasteiger partial charge in [0.2, 0.25) is 5.91 Å². The molecular weight excluding hydrogens is 232 g/mol. The van der Waals surface area contributed by atoms with Gasteiger partial charge in [-0.3, -0.25) is 14.9 Å². The zero-order chi connectivity index (χ0) is 12.3. The molecule has 0 fully saturated rings. The number of anilines is 1. The number of hydrogen-bond acceptors (Lipinski definition) is 3. The van der Waals surface area contributed by atoms with E-state index >= 15 is 0 Å². The van der Waals surface area contributed by atoms with E-state index in [2.05, 4.69) is 0 Å². The molecule has 0 aliphatic heterocycles. The fourth-order valence-electron chi connectivity index (χ4n) is 1.40. The number of halogens is 1. The number of hydrogen-bond donors (Lipinski definition) is 0. The zero-order valence-corrected chi connectivity index (χ0v) is 9.69. The van der Waals surface area contributed by atoms with Crippen molar-refractivity contribution in [2.75, 3.05) is 11.4 Å². The minimum absolute atomic E-state index is 0.0633. The number of nitro benzene ring substituents is 1. The first-order chi connectivity index (χ1) is 7.47. The summed E-state index contributed by atoms with van der Waals surface area (Å²) in [5.74, 6) is -0.167. The maximum atomic E-state index is 11.3. The van der Waals surface area contributed by atoms with Gasteiger partial charge in [-0.15, -0.1) is 0 Å². The van der Waals surface area contributed by atoms with Gasteiger partial charge in [0, 0.05) is 19.5 Å². The van der Waals surface area contributed by atoms with E-state index in [1.807, 2.05) is 0 Å². The molecule has 0 aliphatic carbocycles. The average Bonchev–Trinajstić information content (AvgIpc) is 2.20. The van der Waals surface area contributed by atoms with Crippen molar-refractivity contribution >= 4 is 28.9 Å². The van der Waals surface area contributed by atoms with Gasteiger partial charge in [0.05, 0.1) is 10.6 Å². The second-order valence-corrected chi connectivity index (χ2v) is 3.56. The SMILES string of the molecule is CCN(C(C)=O)c1ccc(Cl)c([N+](=O)[O-])c1. The summed E-state index contributed by atoms with van der Waals surface area (Å²) in [6, 6.07) is 4.30. The van der Waals surface area contributed by atoms with Crippen LogP contribution >= 0.6 is 11.6 Å². The van der Waals surface area contributed by atoms with Gasteiger partial charge in [-0.1, -0.05) is 11.6 Å². The largest absolute Gasteiger partial charge is 0.313 e. The number of carbonyl (C=O) groups excluding carboxylic acids is 1. The van der Waals surface area contributed by atoms with Crippen LogP contribution in [0.5, 0.6) is 0 Å². The third-order valence-corrected chi connectivity index (χ3v) is 2.45. The Morgan fingerprint density at radius 3 is 2.62 bits per heavy atom. The molecule has 0 saturated heterocycles. The van der Waals surface area contributed by atoms with Crippen LogP contribution in [0.25, 0.3) is 0 Å². The van der Waals surface area contributed by atoms with Crippen LogP contribution in [0.1, 0.15) is 13.8 Å². The highest BCUT2D eigenvalue weighted by Gasteiger charge is 2.16. The molecule has 0 bridgehead atoms. The van der Waals surface area contributed by atoms with E-state index in [9.17, 15) is 14.9 Å². The van der Waals surface area contributed by atoms with Crippen LogP contribution in [0.15, 0.2) is 18.2 Å². The third-order valence-electron chi connectivity index (χ3n) is 2.13. The van der Waals surface area contributed by atoms with Gasteiger partial charge in [0.1, 0.15) is 5.02 Å². The van der Waals surface area contributed by atoms with Crippen molar-refractivity contribution in [3.63, 3.8) is 0 Å². The minimum atomic E-state index is -0.570. The summed E-state index contributed by atoms with van der Waals surface area (Å²) >= 11 is 5.67. The Bertz CT molecular complexity index is 434. The van der Waals surface area contributed by atoms with Gasteiger partial charge in [0.25, 0.3) is 5.69 Å². The van der Waals surface area contributed by atoms with Gasteiger partial charge in [-0.2, -0.15) is 0 Å². The molecule has 0 atom stereocenters. The molecule has 0 unspecified atom stereocenters. The van der Waals surface area contributed by atoms with E-state index in [1.165, 1.54) is 24.0 Å². The molecule has 0 spiro atoms. The quantitative estimate of drug-likeness (QED) is 0.605. The van der Waals surface area contributed by atoms with Crippen LogP contribution in [0.3, 0.4) is 0 Å². The molecule has 16 heavy (non-hydrogen) atoms. The maximum Gasteiger partial charge on any atom is 0.289 e. The Morgan fingerprint density at radius 1 is 1.56 bits per heavy atom. The first-order valence-corrected chi connectivity index (χ1v) is 5.07. The minimum Gasteiger partial charge on any atom is -0.313 e. The number of rotatable bonds is 3. The lowest BCUT2D eigenvalue weighted by Crippen LogP contribution is -2.27. The van der Waals surface area contributed by atoms with Crippen molar-refractivity contribution in [2.24, 2.45) is 0 Å². The Hall–Kier alpha value is -1.62. The molecule has 1 amide bonds. The molecule has 0 aromatic heterocycles. The van der Waals surface area contributed by atoms with Crippen molar-refractivity contribution in [1.82, 2.24) is 0 Å². The number of carbonyl (C=O) groups is 1. The molecule has 0 radical (unpaired) electrons. The number of amides is 1. The molecule has 0 N–H and O–H groups in total. The van der Waals surface area contributed by atoms with Gasteiger partial charge in [-0.05, 0) is 19.1 Å². The second kappa shape index (κ2) is 4.94.